The van der Waals surface area contributed by atoms with Crippen LogP contribution in [0.4, 0.5) is 10.5 Å². The first kappa shape index (κ1) is 16.5. The van der Waals surface area contributed by atoms with Crippen LogP contribution in [0.1, 0.15) is 23.9 Å². The Kier molecular flexibility index (Phi) is 4.31. The molecule has 1 N–H and O–H groups in total. The predicted molar refractivity (Wildman–Crippen MR) is 88.5 cm³/mol. The molecule has 2 heterocycles. The van der Waals surface area contributed by atoms with Crippen LogP contribution in [0, 0.1) is 6.92 Å². The zero-order valence-corrected chi connectivity index (χ0v) is 14.4. The van der Waals surface area contributed by atoms with E-state index in [1.54, 1.807) is 31.2 Å². The number of nitrogens with zero attached hydrogens (tertiary/aromatic N) is 2. The molecule has 1 aromatic heterocycles. The monoisotopic (exact) mass is 349 g/mol. The molecule has 24 heavy (non-hydrogen) atoms. The summed E-state index contributed by atoms with van der Waals surface area (Å²) in [5.41, 5.74) is 1.86. The topological polar surface area (TPSA) is 92.5 Å². The average Bonchev–Trinajstić information content (AvgIpc) is 2.84. The smallest absolute Gasteiger partial charge is 0.322 e. The molecule has 0 unspecified atom stereocenters. The zero-order chi connectivity index (χ0) is 17.3. The maximum Gasteiger partial charge on any atom is 0.322 e. The summed E-state index contributed by atoms with van der Waals surface area (Å²) in [5.74, 6) is 0.434. The second kappa shape index (κ2) is 6.27. The standard InChI is InChI=1S/C16H19N3O4S/c1-3-13-15(11(2)23-18-13)17-16(20)19-8-9-24(21,22)14-7-5-4-6-12(14)10-19/h4-7H,3,8-10H2,1-2H3,(H,17,20). The molecule has 1 aliphatic rings. The number of carbonyl (C=O) groups excluding carboxylic acids is 1. The van der Waals surface area contributed by atoms with Crippen molar-refractivity contribution in [3.05, 3.63) is 41.3 Å². The van der Waals surface area contributed by atoms with E-state index in [1.165, 1.54) is 4.90 Å². The minimum Gasteiger partial charge on any atom is -0.359 e. The maximum atomic E-state index is 12.6. The summed E-state index contributed by atoms with van der Waals surface area (Å²) in [4.78, 5) is 14.4. The molecule has 0 fully saturated rings. The molecule has 0 aliphatic carbocycles. The molecule has 0 radical (unpaired) electrons. The molecular formula is C16H19N3O4S. The second-order valence-corrected chi connectivity index (χ2v) is 7.77. The lowest BCUT2D eigenvalue weighted by molar-refractivity contribution is 0.212. The number of sulfone groups is 1. The van der Waals surface area contributed by atoms with Gasteiger partial charge >= 0.3 is 6.03 Å². The van der Waals surface area contributed by atoms with E-state index in [4.69, 9.17) is 4.52 Å². The van der Waals surface area contributed by atoms with Gasteiger partial charge in [-0.1, -0.05) is 30.3 Å². The summed E-state index contributed by atoms with van der Waals surface area (Å²) in [6, 6.07) is 6.43. The predicted octanol–water partition coefficient (Wildman–Crippen LogP) is 2.37. The Morgan fingerprint density at radius 1 is 1.38 bits per heavy atom. The van der Waals surface area contributed by atoms with Crippen LogP contribution in [0.3, 0.4) is 0 Å². The van der Waals surface area contributed by atoms with E-state index in [2.05, 4.69) is 10.5 Å². The van der Waals surface area contributed by atoms with Crippen molar-refractivity contribution in [2.45, 2.75) is 31.7 Å². The lowest BCUT2D eigenvalue weighted by Gasteiger charge is -2.20. The number of benzene rings is 1. The molecule has 128 valence electrons. The number of aryl methyl sites for hydroxylation is 2. The highest BCUT2D eigenvalue weighted by molar-refractivity contribution is 7.91. The fraction of sp³-hybridized carbons (Fsp3) is 0.375. The number of urea groups is 1. The summed E-state index contributed by atoms with van der Waals surface area (Å²) in [5, 5.41) is 6.71. The van der Waals surface area contributed by atoms with E-state index in [9.17, 15) is 13.2 Å². The Labute approximate surface area is 140 Å². The highest BCUT2D eigenvalue weighted by Gasteiger charge is 2.28. The van der Waals surface area contributed by atoms with Crippen LogP contribution in [0.2, 0.25) is 0 Å². The number of carbonyl (C=O) groups is 1. The zero-order valence-electron chi connectivity index (χ0n) is 13.6. The highest BCUT2D eigenvalue weighted by Crippen LogP contribution is 2.24. The maximum absolute atomic E-state index is 12.6. The van der Waals surface area contributed by atoms with Gasteiger partial charge in [0.25, 0.3) is 0 Å². The van der Waals surface area contributed by atoms with Crippen LogP contribution in [0.25, 0.3) is 0 Å². The number of anilines is 1. The Balaban J connectivity index is 1.86. The van der Waals surface area contributed by atoms with Crippen LogP contribution >= 0.6 is 0 Å². The quantitative estimate of drug-likeness (QED) is 0.898. The molecule has 1 aromatic carbocycles. The van der Waals surface area contributed by atoms with E-state index in [0.717, 1.165) is 0 Å². The number of fused-ring (bicyclic) bond motifs is 1. The molecule has 0 saturated heterocycles. The SMILES string of the molecule is CCc1noc(C)c1NC(=O)N1CCS(=O)(=O)c2ccccc2C1. The number of nitrogens with one attached hydrogen (secondary N) is 1. The first-order valence-electron chi connectivity index (χ1n) is 7.74. The molecular weight excluding hydrogens is 330 g/mol. The number of hydrogen-bond acceptors (Lipinski definition) is 5. The molecule has 8 heteroatoms. The highest BCUT2D eigenvalue weighted by atomic mass is 32.2. The second-order valence-electron chi connectivity index (χ2n) is 5.69. The van der Waals surface area contributed by atoms with Gasteiger partial charge in [-0.25, -0.2) is 13.2 Å². The van der Waals surface area contributed by atoms with E-state index in [-0.39, 0.29) is 24.9 Å². The van der Waals surface area contributed by atoms with Gasteiger partial charge in [-0.2, -0.15) is 0 Å². The summed E-state index contributed by atoms with van der Waals surface area (Å²) in [6.07, 6.45) is 0.629. The van der Waals surface area contributed by atoms with Gasteiger partial charge in [0.15, 0.2) is 15.6 Å². The van der Waals surface area contributed by atoms with Gasteiger partial charge in [0, 0.05) is 13.1 Å². The molecule has 2 aromatic rings. The minimum atomic E-state index is -3.38. The molecule has 2 amide bonds. The Morgan fingerprint density at radius 3 is 2.88 bits per heavy atom. The van der Waals surface area contributed by atoms with E-state index in [0.29, 0.717) is 34.0 Å². The summed E-state index contributed by atoms with van der Waals surface area (Å²) in [6.45, 7) is 4.02. The fourth-order valence-corrected chi connectivity index (χ4v) is 4.24. The van der Waals surface area contributed by atoms with Gasteiger partial charge < -0.3 is 14.7 Å². The molecule has 0 spiro atoms. The van der Waals surface area contributed by atoms with Crippen molar-refractivity contribution >= 4 is 21.6 Å². The average molecular weight is 349 g/mol. The minimum absolute atomic E-state index is 0.0965. The third-order valence-corrected chi connectivity index (χ3v) is 5.87. The normalized spacial score (nSPS) is 16.3. The summed E-state index contributed by atoms with van der Waals surface area (Å²) in [7, 11) is -3.38. The number of rotatable bonds is 2. The van der Waals surface area contributed by atoms with Crippen molar-refractivity contribution in [3.63, 3.8) is 0 Å². The van der Waals surface area contributed by atoms with Crippen molar-refractivity contribution in [1.29, 1.82) is 0 Å². The van der Waals surface area contributed by atoms with E-state index < -0.39 is 9.84 Å². The van der Waals surface area contributed by atoms with Crippen LogP contribution in [0.15, 0.2) is 33.7 Å². The number of aromatic nitrogens is 1. The van der Waals surface area contributed by atoms with Crippen LogP contribution in [-0.2, 0) is 22.8 Å². The molecule has 1 aliphatic heterocycles. The van der Waals surface area contributed by atoms with Gasteiger partial charge in [-0.15, -0.1) is 0 Å². The first-order valence-corrected chi connectivity index (χ1v) is 9.39. The van der Waals surface area contributed by atoms with E-state index in [1.807, 2.05) is 6.92 Å². The molecule has 0 atom stereocenters. The Hall–Kier alpha value is -2.35. The van der Waals surface area contributed by atoms with Crippen molar-refractivity contribution in [3.8, 4) is 0 Å². The fourth-order valence-electron chi connectivity index (χ4n) is 2.74. The van der Waals surface area contributed by atoms with Crippen molar-refractivity contribution in [1.82, 2.24) is 10.1 Å². The number of amides is 2. The Bertz CT molecular complexity index is 873. The van der Waals surface area contributed by atoms with Crippen molar-refractivity contribution in [2.24, 2.45) is 0 Å². The molecule has 0 saturated carbocycles. The third kappa shape index (κ3) is 3.01. The Morgan fingerprint density at radius 2 is 2.12 bits per heavy atom. The van der Waals surface area contributed by atoms with Gasteiger partial charge in [-0.3, -0.25) is 0 Å². The number of hydrogen-bond donors (Lipinski definition) is 1. The van der Waals surface area contributed by atoms with Gasteiger partial charge in [0.1, 0.15) is 11.4 Å². The van der Waals surface area contributed by atoms with Crippen molar-refractivity contribution in [2.75, 3.05) is 17.6 Å². The lowest BCUT2D eigenvalue weighted by atomic mass is 10.2. The lowest BCUT2D eigenvalue weighted by Crippen LogP contribution is -2.36. The molecule has 3 rings (SSSR count). The van der Waals surface area contributed by atoms with Gasteiger partial charge in [-0.05, 0) is 25.0 Å². The largest absolute Gasteiger partial charge is 0.359 e. The summed E-state index contributed by atoms with van der Waals surface area (Å²) >= 11 is 0. The van der Waals surface area contributed by atoms with Crippen LogP contribution < -0.4 is 5.32 Å². The summed E-state index contributed by atoms with van der Waals surface area (Å²) < 4.78 is 29.8. The van der Waals surface area contributed by atoms with Gasteiger partial charge in [0.05, 0.1) is 10.6 Å². The first-order chi connectivity index (χ1) is 11.4. The van der Waals surface area contributed by atoms with Crippen LogP contribution in [-0.4, -0.2) is 36.8 Å². The molecule has 7 nitrogen and oxygen atoms in total. The third-order valence-electron chi connectivity index (χ3n) is 4.09. The van der Waals surface area contributed by atoms with Crippen molar-refractivity contribution < 1.29 is 17.7 Å². The van der Waals surface area contributed by atoms with Crippen LogP contribution in [0.5, 0.6) is 0 Å². The van der Waals surface area contributed by atoms with E-state index >= 15 is 0 Å². The molecule has 0 bridgehead atoms. The van der Waals surface area contributed by atoms with Gasteiger partial charge in [0.2, 0.25) is 0 Å².